The van der Waals surface area contributed by atoms with Crippen LogP contribution in [0, 0.1) is 5.92 Å². The van der Waals surface area contributed by atoms with Crippen LogP contribution in [0.4, 0.5) is 5.82 Å². The molecule has 3 rings (SSSR count). The molecule has 0 aliphatic carbocycles. The number of aromatic nitrogens is 3. The van der Waals surface area contributed by atoms with Crippen molar-refractivity contribution < 1.29 is 4.79 Å². The average molecular weight is 334 g/mol. The molecular formula is C20H22N4O. The molecular weight excluding hydrogens is 312 g/mol. The molecule has 0 amide bonds. The van der Waals surface area contributed by atoms with Crippen molar-refractivity contribution in [2.75, 3.05) is 5.32 Å². The van der Waals surface area contributed by atoms with Gasteiger partial charge in [0.25, 0.3) is 0 Å². The fourth-order valence-electron chi connectivity index (χ4n) is 2.56. The number of carbonyl (C=O) groups excluding carboxylic acids is 1. The Kier molecular flexibility index (Phi) is 5.23. The highest BCUT2D eigenvalue weighted by Crippen LogP contribution is 2.21. The molecule has 128 valence electrons. The Morgan fingerprint density at radius 2 is 1.84 bits per heavy atom. The van der Waals surface area contributed by atoms with E-state index in [9.17, 15) is 4.79 Å². The highest BCUT2D eigenvalue weighted by molar-refractivity contribution is 5.83. The second-order valence-corrected chi connectivity index (χ2v) is 6.37. The summed E-state index contributed by atoms with van der Waals surface area (Å²) in [6.45, 7) is 4.68. The molecule has 0 aliphatic heterocycles. The smallest absolute Gasteiger partial charge is 0.249 e. The van der Waals surface area contributed by atoms with Crippen LogP contribution in [0.3, 0.4) is 0 Å². The minimum Gasteiger partial charge on any atom is -0.366 e. The Labute approximate surface area is 147 Å². The number of hydrogen-bond donors (Lipinski definition) is 1. The van der Waals surface area contributed by atoms with E-state index >= 15 is 0 Å². The molecule has 0 spiro atoms. The summed E-state index contributed by atoms with van der Waals surface area (Å²) in [5.74, 6) is 0.944. The van der Waals surface area contributed by atoms with Gasteiger partial charge in [0.2, 0.25) is 5.91 Å². The number of anilines is 1. The Hall–Kier alpha value is -2.95. The van der Waals surface area contributed by atoms with Crippen molar-refractivity contribution in [3.8, 4) is 11.4 Å². The van der Waals surface area contributed by atoms with Crippen molar-refractivity contribution in [3.05, 3.63) is 66.4 Å². The number of hydrogen-bond acceptors (Lipinski definition) is 4. The zero-order valence-corrected chi connectivity index (χ0v) is 14.5. The van der Waals surface area contributed by atoms with Gasteiger partial charge in [-0.05, 0) is 23.6 Å². The van der Waals surface area contributed by atoms with Crippen LogP contribution in [-0.4, -0.2) is 20.7 Å². The molecule has 2 heterocycles. The highest BCUT2D eigenvalue weighted by atomic mass is 16.2. The van der Waals surface area contributed by atoms with Gasteiger partial charge in [0.15, 0.2) is 0 Å². The molecule has 0 saturated heterocycles. The van der Waals surface area contributed by atoms with Crippen LogP contribution in [0.2, 0.25) is 0 Å². The van der Waals surface area contributed by atoms with Crippen molar-refractivity contribution in [2.45, 2.75) is 26.8 Å². The van der Waals surface area contributed by atoms with E-state index < -0.39 is 0 Å². The van der Waals surface area contributed by atoms with Crippen LogP contribution in [0.1, 0.15) is 30.6 Å². The summed E-state index contributed by atoms with van der Waals surface area (Å²) in [7, 11) is 0. The summed E-state index contributed by atoms with van der Waals surface area (Å²) in [5, 5.41) is 7.81. The number of nitrogens with zero attached hydrogens (tertiary/aromatic N) is 3. The lowest BCUT2D eigenvalue weighted by Crippen LogP contribution is -2.17. The molecule has 1 aromatic carbocycles. The van der Waals surface area contributed by atoms with E-state index in [0.29, 0.717) is 24.5 Å². The summed E-state index contributed by atoms with van der Waals surface area (Å²) in [4.78, 5) is 16.9. The fourth-order valence-corrected chi connectivity index (χ4v) is 2.56. The zero-order valence-electron chi connectivity index (χ0n) is 14.5. The van der Waals surface area contributed by atoms with Crippen molar-refractivity contribution in [2.24, 2.45) is 5.92 Å². The van der Waals surface area contributed by atoms with Gasteiger partial charge in [-0.2, -0.15) is 9.78 Å². The van der Waals surface area contributed by atoms with Crippen LogP contribution in [0.5, 0.6) is 0 Å². The molecule has 0 bridgehead atoms. The summed E-state index contributed by atoms with van der Waals surface area (Å²) < 4.78 is 1.47. The standard InChI is InChI=1S/C20H22N4O/c1-15(2)12-20(25)24-19(22-14-16-8-4-3-5-9-16)13-18(23-24)17-10-6-7-11-21-17/h3-11,13,15,22H,12,14H2,1-2H3. The van der Waals surface area contributed by atoms with Gasteiger partial charge in [-0.3, -0.25) is 9.78 Å². The lowest BCUT2D eigenvalue weighted by molar-refractivity contribution is 0.0873. The third-order valence-electron chi connectivity index (χ3n) is 3.77. The number of benzene rings is 1. The molecule has 3 aromatic rings. The van der Waals surface area contributed by atoms with Crippen molar-refractivity contribution in [1.82, 2.24) is 14.8 Å². The van der Waals surface area contributed by atoms with Gasteiger partial charge < -0.3 is 5.32 Å². The van der Waals surface area contributed by atoms with E-state index in [1.165, 1.54) is 4.68 Å². The fraction of sp³-hybridized carbons (Fsp3) is 0.250. The first-order chi connectivity index (χ1) is 12.1. The molecule has 0 atom stereocenters. The van der Waals surface area contributed by atoms with Gasteiger partial charge >= 0.3 is 0 Å². The van der Waals surface area contributed by atoms with E-state index in [1.807, 2.05) is 68.4 Å². The van der Waals surface area contributed by atoms with Gasteiger partial charge in [0.1, 0.15) is 11.5 Å². The van der Waals surface area contributed by atoms with Crippen LogP contribution < -0.4 is 5.32 Å². The predicted molar refractivity (Wildman–Crippen MR) is 99.3 cm³/mol. The first-order valence-electron chi connectivity index (χ1n) is 8.46. The van der Waals surface area contributed by atoms with Gasteiger partial charge in [-0.15, -0.1) is 0 Å². The topological polar surface area (TPSA) is 59.8 Å². The number of rotatable bonds is 6. The molecule has 25 heavy (non-hydrogen) atoms. The van der Waals surface area contributed by atoms with Crippen LogP contribution in [0.25, 0.3) is 11.4 Å². The minimum absolute atomic E-state index is 0.0206. The first kappa shape index (κ1) is 16.9. The van der Waals surface area contributed by atoms with Crippen molar-refractivity contribution in [3.63, 3.8) is 0 Å². The van der Waals surface area contributed by atoms with Crippen molar-refractivity contribution in [1.29, 1.82) is 0 Å². The van der Waals surface area contributed by atoms with E-state index in [2.05, 4.69) is 15.4 Å². The maximum Gasteiger partial charge on any atom is 0.249 e. The van der Waals surface area contributed by atoms with Crippen LogP contribution in [0.15, 0.2) is 60.8 Å². The Morgan fingerprint density at radius 3 is 2.52 bits per heavy atom. The number of carbonyl (C=O) groups is 1. The monoisotopic (exact) mass is 334 g/mol. The number of nitrogens with one attached hydrogen (secondary N) is 1. The maximum atomic E-state index is 12.6. The van der Waals surface area contributed by atoms with E-state index in [1.54, 1.807) is 6.20 Å². The Bertz CT molecular complexity index is 825. The van der Waals surface area contributed by atoms with Gasteiger partial charge in [0, 0.05) is 25.2 Å². The van der Waals surface area contributed by atoms with Gasteiger partial charge in [0.05, 0.1) is 5.69 Å². The summed E-state index contributed by atoms with van der Waals surface area (Å²) in [6, 6.07) is 17.6. The molecule has 0 fully saturated rings. The molecule has 5 nitrogen and oxygen atoms in total. The zero-order chi connectivity index (χ0) is 17.6. The summed E-state index contributed by atoms with van der Waals surface area (Å²) >= 11 is 0. The quantitative estimate of drug-likeness (QED) is 0.732. The molecule has 5 heteroatoms. The van der Waals surface area contributed by atoms with E-state index in [4.69, 9.17) is 0 Å². The summed E-state index contributed by atoms with van der Waals surface area (Å²) in [5.41, 5.74) is 2.58. The van der Waals surface area contributed by atoms with Gasteiger partial charge in [-0.25, -0.2) is 0 Å². The van der Waals surface area contributed by atoms with Gasteiger partial charge in [-0.1, -0.05) is 50.2 Å². The minimum atomic E-state index is -0.0206. The normalized spacial score (nSPS) is 10.8. The SMILES string of the molecule is CC(C)CC(=O)n1nc(-c2ccccn2)cc1NCc1ccccc1. The highest BCUT2D eigenvalue weighted by Gasteiger charge is 2.16. The maximum absolute atomic E-state index is 12.6. The first-order valence-corrected chi connectivity index (χ1v) is 8.46. The lowest BCUT2D eigenvalue weighted by Gasteiger charge is -2.10. The average Bonchev–Trinajstić information content (AvgIpc) is 3.05. The van der Waals surface area contributed by atoms with E-state index in [-0.39, 0.29) is 11.8 Å². The van der Waals surface area contributed by atoms with Crippen molar-refractivity contribution >= 4 is 11.7 Å². The lowest BCUT2D eigenvalue weighted by atomic mass is 10.1. The molecule has 1 N–H and O–H groups in total. The second-order valence-electron chi connectivity index (χ2n) is 6.37. The third-order valence-corrected chi connectivity index (χ3v) is 3.77. The third kappa shape index (κ3) is 4.32. The molecule has 2 aromatic heterocycles. The molecule has 0 radical (unpaired) electrons. The molecule has 0 aliphatic rings. The Balaban J connectivity index is 1.88. The second kappa shape index (κ2) is 7.75. The van der Waals surface area contributed by atoms with Crippen LogP contribution in [-0.2, 0) is 6.54 Å². The van der Waals surface area contributed by atoms with Crippen LogP contribution >= 0.6 is 0 Å². The van der Waals surface area contributed by atoms with E-state index in [0.717, 1.165) is 11.3 Å². The molecule has 0 saturated carbocycles. The summed E-state index contributed by atoms with van der Waals surface area (Å²) in [6.07, 6.45) is 2.17. The molecule has 0 unspecified atom stereocenters. The predicted octanol–water partition coefficient (Wildman–Crippen LogP) is 4.24. The Morgan fingerprint density at radius 1 is 1.08 bits per heavy atom. The number of pyridine rings is 1. The largest absolute Gasteiger partial charge is 0.366 e.